The van der Waals surface area contributed by atoms with E-state index in [1.165, 1.54) is 7.11 Å². The van der Waals surface area contributed by atoms with Crippen molar-refractivity contribution in [2.24, 2.45) is 0 Å². The van der Waals surface area contributed by atoms with Crippen LogP contribution in [0.1, 0.15) is 41.0 Å². The van der Waals surface area contributed by atoms with Gasteiger partial charge in [0.1, 0.15) is 18.3 Å². The molecule has 4 rings (SSSR count). The molecule has 9 nitrogen and oxygen atoms in total. The van der Waals surface area contributed by atoms with E-state index in [9.17, 15) is 14.4 Å². The van der Waals surface area contributed by atoms with Gasteiger partial charge in [0, 0.05) is 6.42 Å². The zero-order chi connectivity index (χ0) is 25.0. The molecular formula is C26H28O9. The molecule has 2 aromatic rings. The highest BCUT2D eigenvalue weighted by Gasteiger charge is 2.52. The number of rotatable bonds is 6. The van der Waals surface area contributed by atoms with E-state index < -0.39 is 54.2 Å². The molecule has 2 aromatic carbocycles. The van der Waals surface area contributed by atoms with Crippen LogP contribution in [0.25, 0.3) is 0 Å². The summed E-state index contributed by atoms with van der Waals surface area (Å²) in [5.74, 6) is -2.79. The van der Waals surface area contributed by atoms with Gasteiger partial charge in [-0.1, -0.05) is 36.4 Å². The molecule has 2 fully saturated rings. The molecule has 0 unspecified atom stereocenters. The van der Waals surface area contributed by atoms with Crippen LogP contribution in [-0.2, 0) is 33.2 Å². The van der Waals surface area contributed by atoms with Crippen LogP contribution < -0.4 is 0 Å². The Bertz CT molecular complexity index is 1040. The van der Waals surface area contributed by atoms with E-state index in [0.717, 1.165) is 0 Å². The molecule has 0 aliphatic carbocycles. The van der Waals surface area contributed by atoms with E-state index in [2.05, 4.69) is 0 Å². The maximum atomic E-state index is 13.0. The summed E-state index contributed by atoms with van der Waals surface area (Å²) in [4.78, 5) is 38.3. The molecule has 0 saturated carbocycles. The second kappa shape index (κ2) is 10.6. The first-order valence-electron chi connectivity index (χ1n) is 11.3. The fourth-order valence-corrected chi connectivity index (χ4v) is 4.14. The third-order valence-electron chi connectivity index (χ3n) is 5.84. The van der Waals surface area contributed by atoms with Crippen molar-refractivity contribution in [3.05, 3.63) is 71.8 Å². The first kappa shape index (κ1) is 24.8. The molecule has 2 heterocycles. The van der Waals surface area contributed by atoms with E-state index >= 15 is 0 Å². The van der Waals surface area contributed by atoms with Crippen LogP contribution in [0.5, 0.6) is 0 Å². The third-order valence-corrected chi connectivity index (χ3v) is 5.84. The first-order valence-corrected chi connectivity index (χ1v) is 11.3. The number of ether oxygens (including phenoxy) is 6. The molecular weight excluding hydrogens is 456 g/mol. The lowest BCUT2D eigenvalue weighted by Crippen LogP contribution is -2.58. The summed E-state index contributed by atoms with van der Waals surface area (Å²) < 4.78 is 34.2. The quantitative estimate of drug-likeness (QED) is 0.452. The Balaban J connectivity index is 1.65. The summed E-state index contributed by atoms with van der Waals surface area (Å²) in [6.45, 7) is 3.61. The van der Waals surface area contributed by atoms with E-state index in [1.54, 1.807) is 74.5 Å². The van der Waals surface area contributed by atoms with Gasteiger partial charge in [0.15, 0.2) is 18.0 Å². The van der Waals surface area contributed by atoms with Crippen molar-refractivity contribution in [1.82, 2.24) is 0 Å². The molecule has 0 radical (unpaired) electrons. The SMILES string of the molecule is COC(=O)[C@H]1C[C@@H](OC(=O)c2ccccc2)[C@@H](OC(=O)c2ccccc2)[C@@H]([C@H]2COC(C)(C)O2)O1. The summed E-state index contributed by atoms with van der Waals surface area (Å²) in [7, 11) is 1.24. The second-order valence-corrected chi connectivity index (χ2v) is 8.76. The molecule has 186 valence electrons. The van der Waals surface area contributed by atoms with Crippen LogP contribution in [0.4, 0.5) is 0 Å². The summed E-state index contributed by atoms with van der Waals surface area (Å²) in [5.41, 5.74) is 0.637. The van der Waals surface area contributed by atoms with Crippen molar-refractivity contribution in [3.63, 3.8) is 0 Å². The first-order chi connectivity index (χ1) is 16.8. The van der Waals surface area contributed by atoms with Crippen molar-refractivity contribution < 1.29 is 42.8 Å². The van der Waals surface area contributed by atoms with Gasteiger partial charge in [0.2, 0.25) is 0 Å². The predicted molar refractivity (Wildman–Crippen MR) is 121 cm³/mol. The van der Waals surface area contributed by atoms with E-state index in [1.807, 2.05) is 0 Å². The lowest BCUT2D eigenvalue weighted by Gasteiger charge is -2.41. The largest absolute Gasteiger partial charge is 0.467 e. The van der Waals surface area contributed by atoms with Crippen molar-refractivity contribution in [2.45, 2.75) is 56.6 Å². The Kier molecular flexibility index (Phi) is 7.49. The minimum absolute atomic E-state index is 0.0640. The minimum Gasteiger partial charge on any atom is -0.467 e. The number of esters is 3. The molecule has 35 heavy (non-hydrogen) atoms. The topological polar surface area (TPSA) is 107 Å². The highest BCUT2D eigenvalue weighted by Crippen LogP contribution is 2.35. The molecule has 0 N–H and O–H groups in total. The van der Waals surface area contributed by atoms with E-state index in [4.69, 9.17) is 28.4 Å². The van der Waals surface area contributed by atoms with E-state index in [-0.39, 0.29) is 13.0 Å². The number of hydrogen-bond acceptors (Lipinski definition) is 9. The Morgan fingerprint density at radius 2 is 1.46 bits per heavy atom. The van der Waals surface area contributed by atoms with Gasteiger partial charge in [-0.25, -0.2) is 14.4 Å². The van der Waals surface area contributed by atoms with E-state index in [0.29, 0.717) is 11.1 Å². The Morgan fingerprint density at radius 3 is 1.97 bits per heavy atom. The molecule has 2 aliphatic heterocycles. The summed E-state index contributed by atoms with van der Waals surface area (Å²) in [6.07, 6.45) is -4.85. The number of benzene rings is 2. The van der Waals surface area contributed by atoms with Gasteiger partial charge in [-0.3, -0.25) is 0 Å². The maximum absolute atomic E-state index is 13.0. The van der Waals surface area contributed by atoms with Crippen LogP contribution >= 0.6 is 0 Å². The summed E-state index contributed by atoms with van der Waals surface area (Å²) in [5, 5.41) is 0. The predicted octanol–water partition coefficient (Wildman–Crippen LogP) is 2.92. The Morgan fingerprint density at radius 1 is 0.886 bits per heavy atom. The lowest BCUT2D eigenvalue weighted by molar-refractivity contribution is -0.222. The zero-order valence-electron chi connectivity index (χ0n) is 19.7. The van der Waals surface area contributed by atoms with Gasteiger partial charge >= 0.3 is 17.9 Å². The third kappa shape index (κ3) is 5.87. The normalized spacial score (nSPS) is 27.6. The lowest BCUT2D eigenvalue weighted by atomic mass is 9.93. The van der Waals surface area contributed by atoms with Crippen molar-refractivity contribution in [2.75, 3.05) is 13.7 Å². The van der Waals surface area contributed by atoms with Gasteiger partial charge < -0.3 is 28.4 Å². The van der Waals surface area contributed by atoms with Gasteiger partial charge in [-0.05, 0) is 38.1 Å². The van der Waals surface area contributed by atoms with Gasteiger partial charge in [0.05, 0.1) is 24.8 Å². The van der Waals surface area contributed by atoms with Gasteiger partial charge in [-0.15, -0.1) is 0 Å². The van der Waals surface area contributed by atoms with Crippen LogP contribution in [0, 0.1) is 0 Å². The molecule has 5 atom stereocenters. The Labute approximate surface area is 203 Å². The van der Waals surface area contributed by atoms with Crippen LogP contribution in [-0.4, -0.2) is 67.9 Å². The molecule has 0 spiro atoms. The highest BCUT2D eigenvalue weighted by molar-refractivity contribution is 5.90. The molecule has 9 heteroatoms. The molecule has 0 bridgehead atoms. The van der Waals surface area contributed by atoms with Crippen LogP contribution in [0.2, 0.25) is 0 Å². The molecule has 2 aliphatic rings. The zero-order valence-corrected chi connectivity index (χ0v) is 19.7. The number of carbonyl (C=O) groups is 3. The summed E-state index contributed by atoms with van der Waals surface area (Å²) in [6, 6.07) is 16.8. The standard InChI is InChI=1S/C26H28O9/c1-26(2)31-15-20(35-26)22-21(34-24(28)17-12-8-5-9-13-17)18(14-19(32-22)25(29)30-3)33-23(27)16-10-6-4-7-11-16/h4-13,18-22H,14-15H2,1-3H3/t18-,19-,20-,21-,22-/m1/s1. The van der Waals surface area contributed by atoms with Crippen molar-refractivity contribution in [1.29, 1.82) is 0 Å². The number of methoxy groups -OCH3 is 1. The molecule has 0 aromatic heterocycles. The maximum Gasteiger partial charge on any atom is 0.338 e. The van der Waals surface area contributed by atoms with Crippen molar-refractivity contribution in [3.8, 4) is 0 Å². The van der Waals surface area contributed by atoms with Crippen LogP contribution in [0.15, 0.2) is 60.7 Å². The highest BCUT2D eigenvalue weighted by atomic mass is 16.8. The number of hydrogen-bond donors (Lipinski definition) is 0. The summed E-state index contributed by atoms with van der Waals surface area (Å²) >= 11 is 0. The second-order valence-electron chi connectivity index (χ2n) is 8.76. The fraction of sp³-hybridized carbons (Fsp3) is 0.423. The molecule has 2 saturated heterocycles. The van der Waals surface area contributed by atoms with Gasteiger partial charge in [0.25, 0.3) is 0 Å². The number of carbonyl (C=O) groups excluding carboxylic acids is 3. The average molecular weight is 485 g/mol. The van der Waals surface area contributed by atoms with Crippen molar-refractivity contribution >= 4 is 17.9 Å². The fourth-order valence-electron chi connectivity index (χ4n) is 4.14. The molecule has 0 amide bonds. The Hall–Kier alpha value is -3.27. The van der Waals surface area contributed by atoms with Crippen LogP contribution in [0.3, 0.4) is 0 Å². The minimum atomic E-state index is -1.07. The average Bonchev–Trinajstić information content (AvgIpc) is 3.24. The monoisotopic (exact) mass is 484 g/mol. The van der Waals surface area contributed by atoms with Gasteiger partial charge in [-0.2, -0.15) is 0 Å². The smallest absolute Gasteiger partial charge is 0.338 e.